The minimum Gasteiger partial charge on any atom is -0.444 e. The summed E-state index contributed by atoms with van der Waals surface area (Å²) in [5.74, 6) is 0.873. The van der Waals surface area contributed by atoms with Crippen LogP contribution in [0, 0.1) is 0 Å². The SMILES string of the molecule is CC(C)(C)OC(=O)NCCNc1ncc(-c2nccc(CO)n2)cn1. The predicted molar refractivity (Wildman–Crippen MR) is 91.7 cm³/mol. The van der Waals surface area contributed by atoms with Gasteiger partial charge in [0.15, 0.2) is 5.82 Å². The summed E-state index contributed by atoms with van der Waals surface area (Å²) in [5, 5.41) is 14.7. The van der Waals surface area contributed by atoms with Gasteiger partial charge in [0.2, 0.25) is 5.95 Å². The highest BCUT2D eigenvalue weighted by Gasteiger charge is 2.15. The van der Waals surface area contributed by atoms with Crippen molar-refractivity contribution < 1.29 is 14.6 Å². The normalized spacial score (nSPS) is 11.0. The molecule has 2 aromatic rings. The van der Waals surface area contributed by atoms with Gasteiger partial charge in [-0.25, -0.2) is 24.7 Å². The summed E-state index contributed by atoms with van der Waals surface area (Å²) in [6, 6.07) is 1.64. The second-order valence-corrected chi connectivity index (χ2v) is 6.18. The second-order valence-electron chi connectivity index (χ2n) is 6.18. The standard InChI is InChI=1S/C16H22N6O3/c1-16(2,3)25-15(24)19-7-6-18-14-20-8-11(9-21-14)13-17-5-4-12(10-23)22-13/h4-5,8-9,23H,6-7,10H2,1-3H3,(H,19,24)(H,18,20,21). The lowest BCUT2D eigenvalue weighted by Crippen LogP contribution is -2.35. The number of nitrogens with zero attached hydrogens (tertiary/aromatic N) is 4. The van der Waals surface area contributed by atoms with Crippen LogP contribution in [0.3, 0.4) is 0 Å². The zero-order valence-electron chi connectivity index (χ0n) is 14.5. The molecule has 9 heteroatoms. The van der Waals surface area contributed by atoms with E-state index < -0.39 is 11.7 Å². The van der Waals surface area contributed by atoms with Gasteiger partial charge in [-0.05, 0) is 26.8 Å². The van der Waals surface area contributed by atoms with Crippen LogP contribution in [-0.2, 0) is 11.3 Å². The summed E-state index contributed by atoms with van der Waals surface area (Å²) < 4.78 is 5.13. The number of carbonyl (C=O) groups is 1. The fourth-order valence-electron chi connectivity index (χ4n) is 1.81. The smallest absolute Gasteiger partial charge is 0.407 e. The third-order valence-corrected chi connectivity index (χ3v) is 2.86. The molecule has 9 nitrogen and oxygen atoms in total. The summed E-state index contributed by atoms with van der Waals surface area (Å²) in [5.41, 5.74) is 0.652. The first-order chi connectivity index (χ1) is 11.9. The highest BCUT2D eigenvalue weighted by Crippen LogP contribution is 2.13. The average molecular weight is 346 g/mol. The zero-order valence-corrected chi connectivity index (χ0v) is 14.5. The maximum Gasteiger partial charge on any atom is 0.407 e. The summed E-state index contributed by atoms with van der Waals surface area (Å²) in [6.07, 6.45) is 4.29. The summed E-state index contributed by atoms with van der Waals surface area (Å²) in [6.45, 7) is 6.10. The number of hydrogen-bond acceptors (Lipinski definition) is 8. The Labute approximate surface area is 145 Å². The van der Waals surface area contributed by atoms with E-state index >= 15 is 0 Å². The van der Waals surface area contributed by atoms with Crippen LogP contribution in [0.5, 0.6) is 0 Å². The van der Waals surface area contributed by atoms with Crippen molar-refractivity contribution in [2.45, 2.75) is 33.0 Å². The molecule has 0 saturated carbocycles. The number of amides is 1. The van der Waals surface area contributed by atoms with Gasteiger partial charge in [-0.3, -0.25) is 0 Å². The van der Waals surface area contributed by atoms with Crippen LogP contribution >= 0.6 is 0 Å². The molecule has 2 aromatic heterocycles. The van der Waals surface area contributed by atoms with Crippen LogP contribution in [0.4, 0.5) is 10.7 Å². The second kappa shape index (κ2) is 8.34. The lowest BCUT2D eigenvalue weighted by Gasteiger charge is -2.19. The Balaban J connectivity index is 1.81. The molecular formula is C16H22N6O3. The van der Waals surface area contributed by atoms with Crippen molar-refractivity contribution in [3.63, 3.8) is 0 Å². The Kier molecular flexibility index (Phi) is 6.18. The maximum absolute atomic E-state index is 11.5. The van der Waals surface area contributed by atoms with Crippen LogP contribution < -0.4 is 10.6 Å². The van der Waals surface area contributed by atoms with Gasteiger partial charge in [0.1, 0.15) is 5.60 Å². The molecule has 0 aliphatic heterocycles. The van der Waals surface area contributed by atoms with E-state index in [4.69, 9.17) is 9.84 Å². The molecule has 2 heterocycles. The highest BCUT2D eigenvalue weighted by molar-refractivity contribution is 5.67. The van der Waals surface area contributed by atoms with Gasteiger partial charge in [-0.1, -0.05) is 0 Å². The van der Waals surface area contributed by atoms with E-state index in [1.807, 2.05) is 0 Å². The molecule has 0 aliphatic carbocycles. The fraction of sp³-hybridized carbons (Fsp3) is 0.438. The monoisotopic (exact) mass is 346 g/mol. The molecule has 0 saturated heterocycles. The molecule has 0 spiro atoms. The van der Waals surface area contributed by atoms with E-state index in [9.17, 15) is 4.79 Å². The molecule has 0 radical (unpaired) electrons. The number of aliphatic hydroxyl groups excluding tert-OH is 1. The first-order valence-corrected chi connectivity index (χ1v) is 7.83. The number of rotatable bonds is 6. The van der Waals surface area contributed by atoms with E-state index in [2.05, 4.69) is 30.6 Å². The number of ether oxygens (including phenoxy) is 1. The number of alkyl carbamates (subject to hydrolysis) is 1. The first kappa shape index (κ1) is 18.5. The number of hydrogen-bond donors (Lipinski definition) is 3. The van der Waals surface area contributed by atoms with Crippen molar-refractivity contribution in [1.82, 2.24) is 25.3 Å². The van der Waals surface area contributed by atoms with Gasteiger partial charge in [0, 0.05) is 31.7 Å². The summed E-state index contributed by atoms with van der Waals surface area (Å²) in [7, 11) is 0. The zero-order chi connectivity index (χ0) is 18.3. The molecule has 1 amide bonds. The van der Waals surface area contributed by atoms with Crippen molar-refractivity contribution >= 4 is 12.0 Å². The number of carbonyl (C=O) groups excluding carboxylic acids is 1. The van der Waals surface area contributed by atoms with Gasteiger partial charge in [-0.15, -0.1) is 0 Å². The van der Waals surface area contributed by atoms with E-state index in [-0.39, 0.29) is 6.61 Å². The molecule has 3 N–H and O–H groups in total. The van der Waals surface area contributed by atoms with E-state index in [0.717, 1.165) is 0 Å². The lowest BCUT2D eigenvalue weighted by molar-refractivity contribution is 0.0530. The third-order valence-electron chi connectivity index (χ3n) is 2.86. The van der Waals surface area contributed by atoms with Crippen molar-refractivity contribution in [2.24, 2.45) is 0 Å². The molecule has 0 atom stereocenters. The minimum atomic E-state index is -0.522. The number of nitrogens with one attached hydrogen (secondary N) is 2. The number of aromatic nitrogens is 4. The van der Waals surface area contributed by atoms with Crippen molar-refractivity contribution in [3.8, 4) is 11.4 Å². The van der Waals surface area contributed by atoms with E-state index in [0.29, 0.717) is 36.1 Å². The Hall–Kier alpha value is -2.81. The highest BCUT2D eigenvalue weighted by atomic mass is 16.6. The van der Waals surface area contributed by atoms with Gasteiger partial charge in [-0.2, -0.15) is 0 Å². The minimum absolute atomic E-state index is 0.152. The Morgan fingerprint density at radius 3 is 2.56 bits per heavy atom. The van der Waals surface area contributed by atoms with Crippen molar-refractivity contribution in [1.29, 1.82) is 0 Å². The Morgan fingerprint density at radius 1 is 1.20 bits per heavy atom. The topological polar surface area (TPSA) is 122 Å². The van der Waals surface area contributed by atoms with Crippen molar-refractivity contribution in [2.75, 3.05) is 18.4 Å². The Morgan fingerprint density at radius 2 is 1.92 bits per heavy atom. The van der Waals surface area contributed by atoms with Gasteiger partial charge >= 0.3 is 6.09 Å². The molecule has 25 heavy (non-hydrogen) atoms. The van der Waals surface area contributed by atoms with E-state index in [1.165, 1.54) is 0 Å². The van der Waals surface area contributed by atoms with Crippen LogP contribution in [-0.4, -0.2) is 49.8 Å². The average Bonchev–Trinajstić information content (AvgIpc) is 2.58. The third kappa shape index (κ3) is 6.30. The molecule has 0 bridgehead atoms. The molecule has 2 rings (SSSR count). The van der Waals surface area contributed by atoms with Gasteiger partial charge in [0.25, 0.3) is 0 Å². The van der Waals surface area contributed by atoms with Gasteiger partial charge < -0.3 is 20.5 Å². The first-order valence-electron chi connectivity index (χ1n) is 7.83. The molecule has 0 unspecified atom stereocenters. The van der Waals surface area contributed by atoms with Crippen molar-refractivity contribution in [3.05, 3.63) is 30.4 Å². The fourth-order valence-corrected chi connectivity index (χ4v) is 1.81. The molecule has 134 valence electrons. The largest absolute Gasteiger partial charge is 0.444 e. The summed E-state index contributed by atoms with van der Waals surface area (Å²) >= 11 is 0. The maximum atomic E-state index is 11.5. The number of anilines is 1. The summed E-state index contributed by atoms with van der Waals surface area (Å²) in [4.78, 5) is 28.2. The molecule has 0 aliphatic rings. The molecular weight excluding hydrogens is 324 g/mol. The lowest BCUT2D eigenvalue weighted by atomic mass is 10.2. The van der Waals surface area contributed by atoms with Gasteiger partial charge in [0.05, 0.1) is 17.9 Å². The quantitative estimate of drug-likeness (QED) is 0.670. The number of aliphatic hydroxyl groups is 1. The predicted octanol–water partition coefficient (Wildman–Crippen LogP) is 1.36. The van der Waals surface area contributed by atoms with Crippen LogP contribution in [0.1, 0.15) is 26.5 Å². The van der Waals surface area contributed by atoms with Crippen LogP contribution in [0.2, 0.25) is 0 Å². The van der Waals surface area contributed by atoms with Crippen LogP contribution in [0.15, 0.2) is 24.7 Å². The van der Waals surface area contributed by atoms with E-state index in [1.54, 1.807) is 45.4 Å². The molecule has 0 aromatic carbocycles. The Bertz CT molecular complexity index is 700. The van der Waals surface area contributed by atoms with Crippen LogP contribution in [0.25, 0.3) is 11.4 Å². The molecule has 0 fully saturated rings.